The number of ether oxygens (including phenoxy) is 1. The minimum Gasteiger partial charge on any atom is -0.460 e. The SMILES string of the molecule is CCCCCCCCCCCCC/C=C/C(=O)OCC(O)CO.O=C[C@H](O)[C@@H](O)[C@H](O)[C@H](O)CO. The molecule has 0 aromatic rings. The van der Waals surface area contributed by atoms with Crippen molar-refractivity contribution in [1.29, 1.82) is 0 Å². The van der Waals surface area contributed by atoms with E-state index in [-0.39, 0.29) is 12.9 Å². The van der Waals surface area contributed by atoms with Crippen molar-refractivity contribution in [3.8, 4) is 0 Å². The van der Waals surface area contributed by atoms with Crippen molar-refractivity contribution in [2.24, 2.45) is 0 Å². The van der Waals surface area contributed by atoms with Crippen LogP contribution in [0.4, 0.5) is 0 Å². The Kier molecular flexibility index (Phi) is 26.2. The highest BCUT2D eigenvalue weighted by Crippen LogP contribution is 2.12. The van der Waals surface area contributed by atoms with Gasteiger partial charge in [-0.3, -0.25) is 0 Å². The first-order chi connectivity index (χ1) is 16.7. The summed E-state index contributed by atoms with van der Waals surface area (Å²) < 4.78 is 4.77. The van der Waals surface area contributed by atoms with Gasteiger partial charge in [-0.05, 0) is 12.8 Å². The van der Waals surface area contributed by atoms with E-state index in [0.29, 0.717) is 0 Å². The highest BCUT2D eigenvalue weighted by molar-refractivity contribution is 5.81. The van der Waals surface area contributed by atoms with Crippen LogP contribution in [0.1, 0.15) is 84.0 Å². The molecular weight excluding hydrogens is 460 g/mol. The summed E-state index contributed by atoms with van der Waals surface area (Å²) in [7, 11) is 0. The molecule has 0 aliphatic carbocycles. The van der Waals surface area contributed by atoms with Crippen molar-refractivity contribution in [3.05, 3.63) is 12.2 Å². The Morgan fingerprint density at radius 1 is 0.771 bits per heavy atom. The average Bonchev–Trinajstić information content (AvgIpc) is 2.88. The molecule has 0 rings (SSSR count). The quantitative estimate of drug-likeness (QED) is 0.0505. The number of carbonyl (C=O) groups excluding carboxylic acids is 2. The van der Waals surface area contributed by atoms with Gasteiger partial charge in [0.25, 0.3) is 0 Å². The van der Waals surface area contributed by atoms with Crippen molar-refractivity contribution in [1.82, 2.24) is 0 Å². The van der Waals surface area contributed by atoms with Crippen molar-refractivity contribution in [3.63, 3.8) is 0 Å². The molecular formula is C25H48O10. The number of hydrogen-bond acceptors (Lipinski definition) is 10. The predicted molar refractivity (Wildman–Crippen MR) is 131 cm³/mol. The molecule has 35 heavy (non-hydrogen) atoms. The van der Waals surface area contributed by atoms with Gasteiger partial charge in [0.1, 0.15) is 37.1 Å². The summed E-state index contributed by atoms with van der Waals surface area (Å²) in [4.78, 5) is 21.2. The summed E-state index contributed by atoms with van der Waals surface area (Å²) in [6, 6.07) is 0. The van der Waals surface area contributed by atoms with Crippen molar-refractivity contribution in [2.45, 2.75) is 114 Å². The van der Waals surface area contributed by atoms with Crippen molar-refractivity contribution in [2.75, 3.05) is 19.8 Å². The minimum absolute atomic E-state index is 0.0258. The summed E-state index contributed by atoms with van der Waals surface area (Å²) in [6.07, 6.45) is 10.8. The lowest BCUT2D eigenvalue weighted by Crippen LogP contribution is -2.46. The molecule has 10 heteroatoms. The lowest BCUT2D eigenvalue weighted by Gasteiger charge is -2.22. The number of allylic oxidation sites excluding steroid dienone is 1. The monoisotopic (exact) mass is 508 g/mol. The summed E-state index contributed by atoms with van der Waals surface area (Å²) in [6.45, 7) is 0.942. The van der Waals surface area contributed by atoms with E-state index in [1.54, 1.807) is 0 Å². The third-order valence-corrected chi connectivity index (χ3v) is 5.28. The van der Waals surface area contributed by atoms with Gasteiger partial charge in [-0.1, -0.05) is 77.2 Å². The summed E-state index contributed by atoms with van der Waals surface area (Å²) in [5, 5.41) is 61.2. The Labute approximate surface area is 209 Å². The van der Waals surface area contributed by atoms with Crippen LogP contribution < -0.4 is 0 Å². The first-order valence-electron chi connectivity index (χ1n) is 12.7. The molecule has 0 saturated carbocycles. The Morgan fingerprint density at radius 3 is 1.74 bits per heavy atom. The van der Waals surface area contributed by atoms with Crippen LogP contribution in [0, 0.1) is 0 Å². The molecule has 7 N–H and O–H groups in total. The molecule has 0 bridgehead atoms. The van der Waals surface area contributed by atoms with Crippen LogP contribution in [0.2, 0.25) is 0 Å². The largest absolute Gasteiger partial charge is 0.460 e. The van der Waals surface area contributed by atoms with E-state index in [2.05, 4.69) is 6.92 Å². The number of aldehydes is 1. The van der Waals surface area contributed by atoms with E-state index < -0.39 is 49.7 Å². The minimum atomic E-state index is -1.79. The highest BCUT2D eigenvalue weighted by atomic mass is 16.5. The fourth-order valence-corrected chi connectivity index (χ4v) is 3.00. The fraction of sp³-hybridized carbons (Fsp3) is 0.840. The normalized spacial score (nSPS) is 15.5. The van der Waals surface area contributed by atoms with Crippen LogP contribution in [0.5, 0.6) is 0 Å². The van der Waals surface area contributed by atoms with Crippen LogP contribution in [0.25, 0.3) is 0 Å². The second kappa shape index (κ2) is 25.7. The molecule has 1 unspecified atom stereocenters. The molecule has 208 valence electrons. The van der Waals surface area contributed by atoms with Crippen molar-refractivity contribution >= 4 is 12.3 Å². The van der Waals surface area contributed by atoms with Gasteiger partial charge in [-0.15, -0.1) is 0 Å². The number of unbranched alkanes of at least 4 members (excludes halogenated alkanes) is 11. The van der Waals surface area contributed by atoms with E-state index in [4.69, 9.17) is 40.5 Å². The summed E-state index contributed by atoms with van der Waals surface area (Å²) >= 11 is 0. The zero-order chi connectivity index (χ0) is 26.9. The molecule has 0 aromatic carbocycles. The molecule has 10 nitrogen and oxygen atoms in total. The maximum atomic E-state index is 11.3. The number of carbonyl (C=O) groups is 2. The van der Waals surface area contributed by atoms with Crippen LogP contribution in [-0.2, 0) is 14.3 Å². The Morgan fingerprint density at radius 2 is 1.29 bits per heavy atom. The Hall–Kier alpha value is -1.40. The topological polar surface area (TPSA) is 185 Å². The highest BCUT2D eigenvalue weighted by Gasteiger charge is 2.29. The van der Waals surface area contributed by atoms with E-state index in [1.807, 2.05) is 6.08 Å². The van der Waals surface area contributed by atoms with Gasteiger partial charge in [0.05, 0.1) is 13.2 Å². The zero-order valence-electron chi connectivity index (χ0n) is 21.1. The molecule has 5 atom stereocenters. The molecule has 0 heterocycles. The third-order valence-electron chi connectivity index (χ3n) is 5.28. The van der Waals surface area contributed by atoms with E-state index in [0.717, 1.165) is 12.8 Å². The maximum Gasteiger partial charge on any atom is 0.330 e. The molecule has 0 fully saturated rings. The summed E-state index contributed by atoms with van der Waals surface area (Å²) in [5.41, 5.74) is 0. The van der Waals surface area contributed by atoms with Crippen LogP contribution >= 0.6 is 0 Å². The maximum absolute atomic E-state index is 11.3. The number of aliphatic hydroxyl groups is 7. The zero-order valence-corrected chi connectivity index (χ0v) is 21.1. The molecule has 0 amide bonds. The summed E-state index contributed by atoms with van der Waals surface area (Å²) in [5.74, 6) is -0.458. The molecule has 0 radical (unpaired) electrons. The Bertz CT molecular complexity index is 514. The van der Waals surface area contributed by atoms with Gasteiger partial charge in [-0.25, -0.2) is 4.79 Å². The molecule has 0 aliphatic rings. The molecule has 0 spiro atoms. The van der Waals surface area contributed by atoms with Gasteiger partial charge in [0.15, 0.2) is 6.29 Å². The lowest BCUT2D eigenvalue weighted by atomic mass is 10.0. The van der Waals surface area contributed by atoms with Crippen LogP contribution in [-0.4, -0.2) is 98.3 Å². The third kappa shape index (κ3) is 22.8. The smallest absolute Gasteiger partial charge is 0.330 e. The van der Waals surface area contributed by atoms with E-state index >= 15 is 0 Å². The van der Waals surface area contributed by atoms with Gasteiger partial charge in [0, 0.05) is 6.08 Å². The van der Waals surface area contributed by atoms with Gasteiger partial charge in [-0.2, -0.15) is 0 Å². The average molecular weight is 509 g/mol. The van der Waals surface area contributed by atoms with Crippen LogP contribution in [0.3, 0.4) is 0 Å². The molecule has 0 saturated heterocycles. The van der Waals surface area contributed by atoms with Crippen LogP contribution in [0.15, 0.2) is 12.2 Å². The first kappa shape index (κ1) is 35.8. The Balaban J connectivity index is 0. The van der Waals surface area contributed by atoms with Gasteiger partial charge < -0.3 is 45.3 Å². The van der Waals surface area contributed by atoms with Crippen molar-refractivity contribution < 1.29 is 50.1 Å². The standard InChI is InChI=1S/C19H36O4.C6H12O6/c1-2-3-4-5-6-7-8-9-10-11-12-13-14-15-19(22)23-17-18(21)16-20;7-1-3(9)5(11)6(12)4(10)2-8/h14-15,18,20-21H,2-13,16-17H2,1H3;1,3-6,8-12H,2H2/b15-14+;/t;3-,4+,5+,6+/m.0/s1. The second-order valence-corrected chi connectivity index (χ2v) is 8.55. The number of aliphatic hydroxyl groups excluding tert-OH is 7. The number of rotatable bonds is 21. The van der Waals surface area contributed by atoms with E-state index in [1.165, 1.54) is 70.3 Å². The lowest BCUT2D eigenvalue weighted by molar-refractivity contribution is -0.141. The van der Waals surface area contributed by atoms with Gasteiger partial charge >= 0.3 is 5.97 Å². The molecule has 0 aromatic heterocycles. The first-order valence-corrected chi connectivity index (χ1v) is 12.7. The second-order valence-electron chi connectivity index (χ2n) is 8.55. The fourth-order valence-electron chi connectivity index (χ4n) is 3.00. The predicted octanol–water partition coefficient (Wildman–Crippen LogP) is 0.761. The number of hydrogen-bond donors (Lipinski definition) is 7. The van der Waals surface area contributed by atoms with Gasteiger partial charge in [0.2, 0.25) is 0 Å². The molecule has 0 aliphatic heterocycles. The van der Waals surface area contributed by atoms with E-state index in [9.17, 15) is 9.59 Å². The number of esters is 1.